The number of carbonyl (C=O) groups excluding carboxylic acids is 2. The maximum absolute atomic E-state index is 13.6. The third-order valence-electron chi connectivity index (χ3n) is 5.65. The zero-order valence-electron chi connectivity index (χ0n) is 20.3. The molecular formula is C29H25ClN2O4S. The molecule has 6 nitrogen and oxygen atoms in total. The van der Waals surface area contributed by atoms with Gasteiger partial charge in [-0.25, -0.2) is 8.42 Å². The average molecular weight is 533 g/mol. The maximum atomic E-state index is 13.6. The van der Waals surface area contributed by atoms with Crippen molar-refractivity contribution < 1.29 is 18.0 Å². The summed E-state index contributed by atoms with van der Waals surface area (Å²) in [6, 6.07) is 26.5. The highest BCUT2D eigenvalue weighted by atomic mass is 35.5. The smallest absolute Gasteiger partial charge is 0.264 e. The molecule has 4 aromatic carbocycles. The fourth-order valence-corrected chi connectivity index (χ4v) is 5.61. The third-order valence-corrected chi connectivity index (χ3v) is 7.67. The number of carbonyl (C=O) groups is 2. The molecule has 37 heavy (non-hydrogen) atoms. The van der Waals surface area contributed by atoms with Gasteiger partial charge in [0.25, 0.3) is 10.0 Å². The Balaban J connectivity index is 1.69. The molecule has 4 rings (SSSR count). The highest BCUT2D eigenvalue weighted by Gasteiger charge is 2.28. The number of nitrogens with zero attached hydrogens (tertiary/aromatic N) is 1. The highest BCUT2D eigenvalue weighted by molar-refractivity contribution is 7.92. The van der Waals surface area contributed by atoms with Gasteiger partial charge in [-0.1, -0.05) is 66.2 Å². The van der Waals surface area contributed by atoms with E-state index in [1.807, 2.05) is 19.9 Å². The van der Waals surface area contributed by atoms with Gasteiger partial charge in [0.15, 0.2) is 5.78 Å². The summed E-state index contributed by atoms with van der Waals surface area (Å²) in [6.07, 6.45) is 0. The molecule has 0 aliphatic rings. The molecule has 0 atom stereocenters. The lowest BCUT2D eigenvalue weighted by Crippen LogP contribution is -2.38. The van der Waals surface area contributed by atoms with Crippen LogP contribution in [0.15, 0.2) is 102 Å². The van der Waals surface area contributed by atoms with Gasteiger partial charge >= 0.3 is 0 Å². The van der Waals surface area contributed by atoms with E-state index in [0.29, 0.717) is 16.3 Å². The van der Waals surface area contributed by atoms with Crippen molar-refractivity contribution in [2.45, 2.75) is 18.7 Å². The molecule has 1 N–H and O–H groups in total. The van der Waals surface area contributed by atoms with E-state index in [2.05, 4.69) is 5.32 Å². The summed E-state index contributed by atoms with van der Waals surface area (Å²) in [5.41, 5.74) is 2.96. The number of ketones is 1. The Kier molecular flexibility index (Phi) is 7.76. The van der Waals surface area contributed by atoms with Crippen LogP contribution in [0.1, 0.15) is 27.0 Å². The summed E-state index contributed by atoms with van der Waals surface area (Å²) in [4.78, 5) is 26.5. The minimum Gasteiger partial charge on any atom is -0.324 e. The Morgan fingerprint density at radius 2 is 1.41 bits per heavy atom. The first-order chi connectivity index (χ1) is 17.6. The topological polar surface area (TPSA) is 83.6 Å². The minimum atomic E-state index is -4.07. The van der Waals surface area contributed by atoms with Gasteiger partial charge in [-0.2, -0.15) is 0 Å². The van der Waals surface area contributed by atoms with Crippen molar-refractivity contribution in [3.8, 4) is 0 Å². The minimum absolute atomic E-state index is 0.0633. The standard InChI is InChI=1S/C29H25ClN2O4S/c1-20-15-21(2)17-24(16-20)32(37(35,36)25-11-7-4-8-12-25)19-28(33)31-27-14-13-23(30)18-26(27)29(34)22-9-5-3-6-10-22/h3-18H,19H2,1-2H3,(H,31,33). The Labute approximate surface area is 221 Å². The maximum Gasteiger partial charge on any atom is 0.264 e. The lowest BCUT2D eigenvalue weighted by atomic mass is 10.0. The van der Waals surface area contributed by atoms with Crippen LogP contribution in [-0.4, -0.2) is 26.7 Å². The van der Waals surface area contributed by atoms with Gasteiger partial charge in [0, 0.05) is 16.1 Å². The first-order valence-electron chi connectivity index (χ1n) is 11.5. The number of nitrogens with one attached hydrogen (secondary N) is 1. The number of benzene rings is 4. The predicted molar refractivity (Wildman–Crippen MR) is 147 cm³/mol. The van der Waals surface area contributed by atoms with Crippen LogP contribution in [0, 0.1) is 13.8 Å². The zero-order chi connectivity index (χ0) is 26.6. The summed E-state index contributed by atoms with van der Waals surface area (Å²) >= 11 is 6.15. The molecule has 0 aromatic heterocycles. The highest BCUT2D eigenvalue weighted by Crippen LogP contribution is 2.27. The fraction of sp³-hybridized carbons (Fsp3) is 0.103. The second-order valence-electron chi connectivity index (χ2n) is 8.60. The molecule has 0 fully saturated rings. The number of hydrogen-bond acceptors (Lipinski definition) is 4. The van der Waals surface area contributed by atoms with Crippen LogP contribution in [0.5, 0.6) is 0 Å². The first-order valence-corrected chi connectivity index (χ1v) is 13.3. The lowest BCUT2D eigenvalue weighted by molar-refractivity contribution is -0.114. The normalized spacial score (nSPS) is 11.1. The van der Waals surface area contributed by atoms with Gasteiger partial charge in [-0.05, 0) is 67.4 Å². The van der Waals surface area contributed by atoms with E-state index in [9.17, 15) is 18.0 Å². The van der Waals surface area contributed by atoms with Gasteiger partial charge in [0.05, 0.1) is 16.3 Å². The van der Waals surface area contributed by atoms with Gasteiger partial charge in [-0.15, -0.1) is 0 Å². The summed E-state index contributed by atoms with van der Waals surface area (Å²) in [5.74, 6) is -0.926. The van der Waals surface area contributed by atoms with Crippen molar-refractivity contribution in [1.29, 1.82) is 0 Å². The number of anilines is 2. The number of halogens is 1. The molecule has 0 spiro atoms. The molecule has 0 aliphatic carbocycles. The number of hydrogen-bond donors (Lipinski definition) is 1. The molecule has 0 saturated carbocycles. The van der Waals surface area contributed by atoms with Gasteiger partial charge < -0.3 is 5.32 Å². The Bertz CT molecular complexity index is 1540. The predicted octanol–water partition coefficient (Wildman–Crippen LogP) is 6.02. The second-order valence-corrected chi connectivity index (χ2v) is 10.9. The van der Waals surface area contributed by atoms with Crippen LogP contribution in [0.4, 0.5) is 11.4 Å². The summed E-state index contributed by atoms with van der Waals surface area (Å²) in [5, 5.41) is 3.05. The van der Waals surface area contributed by atoms with Crippen LogP contribution in [0.2, 0.25) is 5.02 Å². The molecule has 8 heteroatoms. The number of sulfonamides is 1. The number of amides is 1. The molecule has 4 aromatic rings. The Morgan fingerprint density at radius 3 is 2.03 bits per heavy atom. The molecule has 0 radical (unpaired) electrons. The van der Waals surface area contributed by atoms with Gasteiger partial charge in [-0.3, -0.25) is 13.9 Å². The van der Waals surface area contributed by atoms with E-state index in [4.69, 9.17) is 11.6 Å². The van der Waals surface area contributed by atoms with Crippen molar-refractivity contribution in [3.05, 3.63) is 124 Å². The summed E-state index contributed by atoms with van der Waals surface area (Å²) in [7, 11) is -4.07. The molecular weight excluding hydrogens is 508 g/mol. The summed E-state index contributed by atoms with van der Waals surface area (Å²) in [6.45, 7) is 3.22. The van der Waals surface area contributed by atoms with Crippen LogP contribution in [0.3, 0.4) is 0 Å². The largest absolute Gasteiger partial charge is 0.324 e. The van der Waals surface area contributed by atoms with Crippen LogP contribution in [-0.2, 0) is 14.8 Å². The van der Waals surface area contributed by atoms with Crippen LogP contribution >= 0.6 is 11.6 Å². The molecule has 0 aliphatic heterocycles. The summed E-state index contributed by atoms with van der Waals surface area (Å²) < 4.78 is 28.3. The van der Waals surface area contributed by atoms with Crippen LogP contribution < -0.4 is 9.62 Å². The van der Waals surface area contributed by atoms with Crippen molar-refractivity contribution in [2.75, 3.05) is 16.2 Å². The van der Waals surface area contributed by atoms with Gasteiger partial charge in [0.1, 0.15) is 6.54 Å². The molecule has 0 heterocycles. The molecule has 0 unspecified atom stereocenters. The molecule has 188 valence electrons. The van der Waals surface area contributed by atoms with E-state index in [1.165, 1.54) is 24.3 Å². The van der Waals surface area contributed by atoms with Crippen molar-refractivity contribution in [3.63, 3.8) is 0 Å². The van der Waals surface area contributed by atoms with E-state index in [0.717, 1.165) is 15.4 Å². The fourth-order valence-electron chi connectivity index (χ4n) is 4.01. The van der Waals surface area contributed by atoms with Crippen molar-refractivity contribution in [1.82, 2.24) is 0 Å². The van der Waals surface area contributed by atoms with E-state index in [-0.39, 0.29) is 21.9 Å². The van der Waals surface area contributed by atoms with Crippen LogP contribution in [0.25, 0.3) is 0 Å². The van der Waals surface area contributed by atoms with Crippen molar-refractivity contribution >= 4 is 44.7 Å². The quantitative estimate of drug-likeness (QED) is 0.281. The van der Waals surface area contributed by atoms with E-state index < -0.39 is 22.5 Å². The average Bonchev–Trinajstić information content (AvgIpc) is 2.88. The Hall–Kier alpha value is -3.94. The first kappa shape index (κ1) is 26.1. The molecule has 0 saturated heterocycles. The van der Waals surface area contributed by atoms with Crippen molar-refractivity contribution in [2.24, 2.45) is 0 Å². The molecule has 0 bridgehead atoms. The van der Waals surface area contributed by atoms with E-state index in [1.54, 1.807) is 66.7 Å². The second kappa shape index (κ2) is 11.0. The third kappa shape index (κ3) is 6.07. The lowest BCUT2D eigenvalue weighted by Gasteiger charge is -2.25. The Morgan fingerprint density at radius 1 is 0.811 bits per heavy atom. The van der Waals surface area contributed by atoms with E-state index >= 15 is 0 Å². The van der Waals surface area contributed by atoms with Gasteiger partial charge in [0.2, 0.25) is 5.91 Å². The number of rotatable bonds is 8. The SMILES string of the molecule is Cc1cc(C)cc(N(CC(=O)Nc2ccc(Cl)cc2C(=O)c2ccccc2)S(=O)(=O)c2ccccc2)c1. The monoisotopic (exact) mass is 532 g/mol. The zero-order valence-corrected chi connectivity index (χ0v) is 21.9. The number of aryl methyl sites for hydroxylation is 2. The molecule has 1 amide bonds.